The van der Waals surface area contributed by atoms with Crippen molar-refractivity contribution in [2.75, 3.05) is 6.54 Å². The summed E-state index contributed by atoms with van der Waals surface area (Å²) >= 11 is 0. The van der Waals surface area contributed by atoms with Crippen LogP contribution in [0.15, 0.2) is 29.3 Å². The number of hydrogen-bond donors (Lipinski definition) is 0. The van der Waals surface area contributed by atoms with Crippen LogP contribution in [0.1, 0.15) is 33.6 Å². The minimum Gasteiger partial charge on any atom is -0.297 e. The van der Waals surface area contributed by atoms with Gasteiger partial charge in [-0.05, 0) is 12.1 Å². The summed E-state index contributed by atoms with van der Waals surface area (Å²) < 4.78 is 0. The van der Waals surface area contributed by atoms with E-state index in [1.54, 1.807) is 30.5 Å². The minimum atomic E-state index is -0.710. The molecule has 1 unspecified atom stereocenters. The van der Waals surface area contributed by atoms with Crippen LogP contribution >= 0.6 is 0 Å². The Balaban J connectivity index is 1.99. The van der Waals surface area contributed by atoms with Gasteiger partial charge in [-0.1, -0.05) is 12.1 Å². The summed E-state index contributed by atoms with van der Waals surface area (Å²) in [5.74, 6) is -0.865. The number of fused-ring (bicyclic) bond motifs is 1. The van der Waals surface area contributed by atoms with Gasteiger partial charge in [0, 0.05) is 25.6 Å². The number of aliphatic imine (C=N–C) groups is 1. The number of imide groups is 1. The lowest BCUT2D eigenvalue weighted by molar-refractivity contribution is -0.122. The second kappa shape index (κ2) is 4.42. The predicted octanol–water partition coefficient (Wildman–Crippen LogP) is 1.08. The van der Waals surface area contributed by atoms with E-state index in [1.807, 2.05) is 0 Å². The van der Waals surface area contributed by atoms with E-state index in [1.165, 1.54) is 0 Å². The normalized spacial score (nSPS) is 22.6. The van der Waals surface area contributed by atoms with Gasteiger partial charge in [-0.2, -0.15) is 0 Å². The van der Waals surface area contributed by atoms with E-state index in [0.717, 1.165) is 4.90 Å². The molecule has 2 aliphatic rings. The highest BCUT2D eigenvalue weighted by atomic mass is 16.2. The van der Waals surface area contributed by atoms with Crippen molar-refractivity contribution in [3.8, 4) is 0 Å². The van der Waals surface area contributed by atoms with Gasteiger partial charge in [0.1, 0.15) is 6.04 Å². The Kier molecular flexibility index (Phi) is 2.74. The van der Waals surface area contributed by atoms with Crippen molar-refractivity contribution in [2.45, 2.75) is 18.9 Å². The summed E-state index contributed by atoms with van der Waals surface area (Å²) in [6.45, 7) is 0.429. The van der Waals surface area contributed by atoms with Crippen LogP contribution in [0.25, 0.3) is 0 Å². The lowest BCUT2D eigenvalue weighted by Gasteiger charge is -2.22. The number of carbonyl (C=O) groups excluding carboxylic acids is 3. The lowest BCUT2D eigenvalue weighted by atomic mass is 10.1. The molecule has 5 heteroatoms. The fraction of sp³-hybridized carbons (Fsp3) is 0.286. The summed E-state index contributed by atoms with van der Waals surface area (Å²) in [5.41, 5.74) is 0.753. The summed E-state index contributed by atoms with van der Waals surface area (Å²) in [4.78, 5) is 41.7. The minimum absolute atomic E-state index is 0.105. The first-order valence-electron chi connectivity index (χ1n) is 6.18. The molecule has 0 N–H and O–H groups in total. The van der Waals surface area contributed by atoms with Crippen LogP contribution in [0.4, 0.5) is 0 Å². The molecule has 2 amide bonds. The summed E-state index contributed by atoms with van der Waals surface area (Å²) in [6.07, 6.45) is 2.21. The fourth-order valence-corrected chi connectivity index (χ4v) is 2.48. The van der Waals surface area contributed by atoms with Crippen molar-refractivity contribution in [1.82, 2.24) is 4.90 Å². The molecule has 1 aromatic carbocycles. The number of amides is 2. The number of nitrogens with zero attached hydrogens (tertiary/aromatic N) is 2. The van der Waals surface area contributed by atoms with Crippen molar-refractivity contribution in [3.63, 3.8) is 0 Å². The molecule has 2 heterocycles. The molecule has 96 valence electrons. The fourth-order valence-electron chi connectivity index (χ4n) is 2.48. The number of hydrogen-bond acceptors (Lipinski definition) is 4. The zero-order valence-corrected chi connectivity index (χ0v) is 10.2. The molecule has 2 aliphatic heterocycles. The Hall–Kier alpha value is -2.30. The molecule has 0 aliphatic carbocycles. The Labute approximate surface area is 109 Å². The molecule has 19 heavy (non-hydrogen) atoms. The first-order chi connectivity index (χ1) is 9.20. The number of benzene rings is 1. The first-order valence-corrected chi connectivity index (χ1v) is 6.18. The second-order valence-corrected chi connectivity index (χ2v) is 4.58. The van der Waals surface area contributed by atoms with Crippen LogP contribution in [-0.2, 0) is 4.79 Å². The van der Waals surface area contributed by atoms with E-state index >= 15 is 0 Å². The van der Waals surface area contributed by atoms with Gasteiger partial charge in [0.25, 0.3) is 11.8 Å². The first kappa shape index (κ1) is 11.8. The molecule has 5 nitrogen and oxygen atoms in total. The average Bonchev–Trinajstić information content (AvgIpc) is 2.57. The predicted molar refractivity (Wildman–Crippen MR) is 68.3 cm³/mol. The van der Waals surface area contributed by atoms with Crippen LogP contribution in [0, 0.1) is 0 Å². The molecule has 3 rings (SSSR count). The van der Waals surface area contributed by atoms with Crippen molar-refractivity contribution >= 4 is 23.8 Å². The van der Waals surface area contributed by atoms with E-state index in [-0.39, 0.29) is 24.0 Å². The van der Waals surface area contributed by atoms with Crippen molar-refractivity contribution < 1.29 is 14.4 Å². The highest BCUT2D eigenvalue weighted by Crippen LogP contribution is 2.26. The third-order valence-corrected chi connectivity index (χ3v) is 3.45. The molecule has 0 aromatic heterocycles. The molecule has 0 bridgehead atoms. The third-order valence-electron chi connectivity index (χ3n) is 3.45. The topological polar surface area (TPSA) is 66.8 Å². The van der Waals surface area contributed by atoms with E-state index in [2.05, 4.69) is 4.99 Å². The van der Waals surface area contributed by atoms with Crippen molar-refractivity contribution in [3.05, 3.63) is 35.4 Å². The Morgan fingerprint density at radius 1 is 1.05 bits per heavy atom. The highest BCUT2D eigenvalue weighted by molar-refractivity contribution is 6.23. The quantitative estimate of drug-likeness (QED) is 0.706. The van der Waals surface area contributed by atoms with E-state index < -0.39 is 6.04 Å². The van der Waals surface area contributed by atoms with Gasteiger partial charge in [-0.25, -0.2) is 0 Å². The molecular weight excluding hydrogens is 244 g/mol. The summed E-state index contributed by atoms with van der Waals surface area (Å²) in [5, 5.41) is 0. The third kappa shape index (κ3) is 1.78. The molecule has 0 saturated carbocycles. The molecule has 1 atom stereocenters. The van der Waals surface area contributed by atoms with E-state index in [4.69, 9.17) is 0 Å². The Bertz CT molecular complexity index is 571. The SMILES string of the molecule is O=C1CCN=CCC1N1C(=O)c2ccccc2C1=O. The maximum absolute atomic E-state index is 12.3. The van der Waals surface area contributed by atoms with Crippen molar-refractivity contribution in [2.24, 2.45) is 4.99 Å². The number of rotatable bonds is 1. The van der Waals surface area contributed by atoms with Crippen molar-refractivity contribution in [1.29, 1.82) is 0 Å². The molecular formula is C14H12N2O3. The lowest BCUT2D eigenvalue weighted by Crippen LogP contribution is -2.44. The average molecular weight is 256 g/mol. The van der Waals surface area contributed by atoms with Gasteiger partial charge in [0.05, 0.1) is 11.1 Å². The Morgan fingerprint density at radius 2 is 1.68 bits per heavy atom. The van der Waals surface area contributed by atoms with Crippen LogP contribution < -0.4 is 0 Å². The van der Waals surface area contributed by atoms with Crippen LogP contribution in [0.3, 0.4) is 0 Å². The Morgan fingerprint density at radius 3 is 2.32 bits per heavy atom. The van der Waals surface area contributed by atoms with Crippen LogP contribution in [0.2, 0.25) is 0 Å². The second-order valence-electron chi connectivity index (χ2n) is 4.58. The molecule has 0 fully saturated rings. The van der Waals surface area contributed by atoms with Gasteiger partial charge >= 0.3 is 0 Å². The molecule has 0 saturated heterocycles. The van der Waals surface area contributed by atoms with E-state index in [9.17, 15) is 14.4 Å². The highest BCUT2D eigenvalue weighted by Gasteiger charge is 2.42. The zero-order chi connectivity index (χ0) is 13.4. The van der Waals surface area contributed by atoms with Gasteiger partial charge in [0.2, 0.25) is 0 Å². The maximum atomic E-state index is 12.3. The zero-order valence-electron chi connectivity index (χ0n) is 10.2. The largest absolute Gasteiger partial charge is 0.297 e. The monoisotopic (exact) mass is 256 g/mol. The van der Waals surface area contributed by atoms with Gasteiger partial charge in [-0.3, -0.25) is 24.3 Å². The smallest absolute Gasteiger partial charge is 0.262 e. The summed E-state index contributed by atoms with van der Waals surface area (Å²) in [7, 11) is 0. The van der Waals surface area contributed by atoms with Crippen LogP contribution in [-0.4, -0.2) is 41.3 Å². The number of Topliss-reactive ketones (excluding diaryl/α,β-unsaturated/α-hetero) is 1. The van der Waals surface area contributed by atoms with Gasteiger partial charge in [0.15, 0.2) is 5.78 Å². The molecule has 0 radical (unpaired) electrons. The molecule has 1 aromatic rings. The molecule has 0 spiro atoms. The van der Waals surface area contributed by atoms with Gasteiger partial charge < -0.3 is 0 Å². The number of ketones is 1. The van der Waals surface area contributed by atoms with Gasteiger partial charge in [-0.15, -0.1) is 0 Å². The summed E-state index contributed by atoms with van der Waals surface area (Å²) in [6, 6.07) is 5.95. The maximum Gasteiger partial charge on any atom is 0.262 e. The van der Waals surface area contributed by atoms with E-state index in [0.29, 0.717) is 24.1 Å². The standard InChI is InChI=1S/C14H12N2O3/c17-12-6-8-15-7-5-11(12)16-13(18)9-3-1-2-4-10(9)14(16)19/h1-4,7,11H,5-6,8H2. The van der Waals surface area contributed by atoms with Crippen LogP contribution in [0.5, 0.6) is 0 Å². The number of carbonyl (C=O) groups is 3.